The van der Waals surface area contributed by atoms with Gasteiger partial charge in [0.25, 0.3) is 0 Å². The van der Waals surface area contributed by atoms with Crippen molar-refractivity contribution in [2.45, 2.75) is 0 Å². The van der Waals surface area contributed by atoms with Crippen LogP contribution in [0.5, 0.6) is 11.6 Å². The fraction of sp³-hybridized carbons (Fsp3) is 0. The van der Waals surface area contributed by atoms with E-state index in [-0.39, 0.29) is 16.7 Å². The molecule has 0 fully saturated rings. The molecule has 0 aliphatic rings. The van der Waals surface area contributed by atoms with Crippen LogP contribution >= 0.6 is 27.5 Å². The summed E-state index contributed by atoms with van der Waals surface area (Å²) in [6.45, 7) is 0. The first-order valence-electron chi connectivity index (χ1n) is 5.78. The third kappa shape index (κ3) is 2.30. The average molecular weight is 351 g/mol. The van der Waals surface area contributed by atoms with Gasteiger partial charge in [0.1, 0.15) is 17.8 Å². The lowest BCUT2D eigenvalue weighted by atomic mass is 10.1. The third-order valence-corrected chi connectivity index (χ3v) is 3.95. The van der Waals surface area contributed by atoms with Gasteiger partial charge in [-0.1, -0.05) is 41.9 Å². The summed E-state index contributed by atoms with van der Waals surface area (Å²) in [5.41, 5.74) is 6.01. The Morgan fingerprint density at radius 1 is 1.10 bits per heavy atom. The van der Waals surface area contributed by atoms with Crippen LogP contribution in [0.1, 0.15) is 0 Å². The Morgan fingerprint density at radius 3 is 2.75 bits per heavy atom. The highest BCUT2D eigenvalue weighted by Crippen LogP contribution is 2.37. The second kappa shape index (κ2) is 5.26. The quantitative estimate of drug-likeness (QED) is 0.695. The smallest absolute Gasteiger partial charge is 0.247 e. The Bertz CT molecular complexity index is 794. The Balaban J connectivity index is 2.07. The lowest BCUT2D eigenvalue weighted by molar-refractivity contribution is 0.462. The van der Waals surface area contributed by atoms with Gasteiger partial charge < -0.3 is 10.5 Å². The molecule has 0 spiro atoms. The van der Waals surface area contributed by atoms with Gasteiger partial charge in [0, 0.05) is 0 Å². The number of ether oxygens (including phenoxy) is 1. The molecular formula is C14H9BrClN3O. The lowest BCUT2D eigenvalue weighted by Crippen LogP contribution is -1.98. The van der Waals surface area contributed by atoms with Crippen molar-refractivity contribution in [1.29, 1.82) is 0 Å². The Labute approximate surface area is 128 Å². The molecule has 1 aromatic heterocycles. The fourth-order valence-corrected chi connectivity index (χ4v) is 2.54. The van der Waals surface area contributed by atoms with Gasteiger partial charge in [-0.05, 0) is 32.8 Å². The van der Waals surface area contributed by atoms with Crippen molar-refractivity contribution >= 4 is 44.0 Å². The Kier molecular flexibility index (Phi) is 3.46. The van der Waals surface area contributed by atoms with Gasteiger partial charge in [0.15, 0.2) is 5.15 Å². The molecule has 0 aliphatic carbocycles. The first kappa shape index (κ1) is 13.1. The Morgan fingerprint density at radius 2 is 1.90 bits per heavy atom. The predicted octanol–water partition coefficient (Wildman–Crippen LogP) is 4.42. The van der Waals surface area contributed by atoms with E-state index < -0.39 is 0 Å². The zero-order valence-corrected chi connectivity index (χ0v) is 12.5. The minimum atomic E-state index is 0.173. The molecule has 3 rings (SSSR count). The molecule has 0 radical (unpaired) electrons. The predicted molar refractivity (Wildman–Crippen MR) is 83.2 cm³/mol. The monoisotopic (exact) mass is 349 g/mol. The van der Waals surface area contributed by atoms with Crippen LogP contribution in [-0.2, 0) is 0 Å². The number of benzene rings is 2. The zero-order chi connectivity index (χ0) is 14.1. The van der Waals surface area contributed by atoms with E-state index in [0.717, 1.165) is 15.2 Å². The molecular weight excluding hydrogens is 342 g/mol. The largest absolute Gasteiger partial charge is 0.436 e. The number of nitrogens with two attached hydrogens (primary N) is 1. The van der Waals surface area contributed by atoms with Crippen LogP contribution in [0, 0.1) is 0 Å². The molecule has 0 unspecified atom stereocenters. The Hall–Kier alpha value is -1.85. The lowest BCUT2D eigenvalue weighted by Gasteiger charge is -2.10. The normalized spacial score (nSPS) is 10.7. The first-order chi connectivity index (χ1) is 9.66. The number of nitrogens with zero attached hydrogens (tertiary/aromatic N) is 2. The third-order valence-electron chi connectivity index (χ3n) is 2.83. The molecule has 6 heteroatoms. The summed E-state index contributed by atoms with van der Waals surface area (Å²) in [5.74, 6) is 0.853. The molecule has 4 nitrogen and oxygen atoms in total. The fourth-order valence-electron chi connectivity index (χ4n) is 1.84. The number of hydrogen-bond acceptors (Lipinski definition) is 4. The summed E-state index contributed by atoms with van der Waals surface area (Å²) in [6, 6.07) is 11.8. The zero-order valence-electron chi connectivity index (χ0n) is 10.2. The summed E-state index contributed by atoms with van der Waals surface area (Å²) < 4.78 is 6.56. The average Bonchev–Trinajstić information content (AvgIpc) is 2.47. The van der Waals surface area contributed by atoms with Crippen LogP contribution in [0.3, 0.4) is 0 Å². The summed E-state index contributed by atoms with van der Waals surface area (Å²) in [4.78, 5) is 7.78. The minimum absolute atomic E-state index is 0.173. The number of halogens is 2. The van der Waals surface area contributed by atoms with Crippen LogP contribution in [0.4, 0.5) is 5.69 Å². The number of anilines is 1. The topological polar surface area (TPSA) is 61.0 Å². The van der Waals surface area contributed by atoms with Crippen molar-refractivity contribution in [3.05, 3.63) is 52.4 Å². The van der Waals surface area contributed by atoms with Crippen molar-refractivity contribution in [1.82, 2.24) is 9.97 Å². The summed E-state index contributed by atoms with van der Waals surface area (Å²) in [5, 5.41) is 2.33. The van der Waals surface area contributed by atoms with Gasteiger partial charge in [0.2, 0.25) is 5.88 Å². The van der Waals surface area contributed by atoms with Gasteiger partial charge in [-0.3, -0.25) is 0 Å². The SMILES string of the molecule is Nc1c(Cl)ncnc1Oc1ccc2ccccc2c1Br. The van der Waals surface area contributed by atoms with Crippen molar-refractivity contribution in [2.24, 2.45) is 0 Å². The van der Waals surface area contributed by atoms with Crippen molar-refractivity contribution < 1.29 is 4.74 Å². The highest BCUT2D eigenvalue weighted by molar-refractivity contribution is 9.10. The van der Waals surface area contributed by atoms with Gasteiger partial charge in [-0.25, -0.2) is 4.98 Å². The number of nitrogen functional groups attached to an aromatic ring is 1. The maximum absolute atomic E-state index is 5.85. The molecule has 100 valence electrons. The molecule has 1 heterocycles. The van der Waals surface area contributed by atoms with E-state index in [4.69, 9.17) is 22.1 Å². The van der Waals surface area contributed by atoms with Crippen LogP contribution in [0.25, 0.3) is 10.8 Å². The number of hydrogen-bond donors (Lipinski definition) is 1. The molecule has 0 amide bonds. The minimum Gasteiger partial charge on any atom is -0.436 e. The first-order valence-corrected chi connectivity index (χ1v) is 6.95. The maximum atomic E-state index is 5.85. The van der Waals surface area contributed by atoms with Crippen LogP contribution < -0.4 is 10.5 Å². The highest BCUT2D eigenvalue weighted by Gasteiger charge is 2.12. The number of fused-ring (bicyclic) bond motifs is 1. The maximum Gasteiger partial charge on any atom is 0.247 e. The summed E-state index contributed by atoms with van der Waals surface area (Å²) >= 11 is 9.39. The van der Waals surface area contributed by atoms with Crippen LogP contribution in [-0.4, -0.2) is 9.97 Å². The van der Waals surface area contributed by atoms with E-state index in [2.05, 4.69) is 25.9 Å². The van der Waals surface area contributed by atoms with Crippen molar-refractivity contribution in [3.63, 3.8) is 0 Å². The van der Waals surface area contributed by atoms with Crippen LogP contribution in [0.15, 0.2) is 47.2 Å². The summed E-state index contributed by atoms with van der Waals surface area (Å²) in [7, 11) is 0. The number of rotatable bonds is 2. The molecule has 0 saturated carbocycles. The van der Waals surface area contributed by atoms with E-state index in [0.29, 0.717) is 5.75 Å². The van der Waals surface area contributed by atoms with E-state index in [1.54, 1.807) is 0 Å². The highest BCUT2D eigenvalue weighted by atomic mass is 79.9. The van der Waals surface area contributed by atoms with Gasteiger partial charge >= 0.3 is 0 Å². The number of aromatic nitrogens is 2. The standard InChI is InChI=1S/C14H9BrClN3O/c15-11-9-4-2-1-3-8(9)5-6-10(11)20-14-12(17)13(16)18-7-19-14/h1-7H,17H2. The van der Waals surface area contributed by atoms with E-state index in [9.17, 15) is 0 Å². The van der Waals surface area contributed by atoms with E-state index in [1.807, 2.05) is 36.4 Å². The van der Waals surface area contributed by atoms with Crippen LogP contribution in [0.2, 0.25) is 5.15 Å². The second-order valence-electron chi connectivity index (χ2n) is 4.08. The molecule has 0 atom stereocenters. The molecule has 2 N–H and O–H groups in total. The molecule has 0 saturated heterocycles. The van der Waals surface area contributed by atoms with E-state index in [1.165, 1.54) is 6.33 Å². The van der Waals surface area contributed by atoms with E-state index >= 15 is 0 Å². The molecule has 20 heavy (non-hydrogen) atoms. The van der Waals surface area contributed by atoms with Gasteiger partial charge in [-0.15, -0.1) is 0 Å². The molecule has 0 aliphatic heterocycles. The molecule has 3 aromatic rings. The molecule has 2 aromatic carbocycles. The van der Waals surface area contributed by atoms with Crippen molar-refractivity contribution in [3.8, 4) is 11.6 Å². The molecule has 0 bridgehead atoms. The summed E-state index contributed by atoms with van der Waals surface area (Å²) in [6.07, 6.45) is 1.31. The second-order valence-corrected chi connectivity index (χ2v) is 5.24. The van der Waals surface area contributed by atoms with Crippen molar-refractivity contribution in [2.75, 3.05) is 5.73 Å². The van der Waals surface area contributed by atoms with Gasteiger partial charge in [0.05, 0.1) is 4.47 Å². The van der Waals surface area contributed by atoms with Gasteiger partial charge in [-0.2, -0.15) is 4.98 Å².